The standard InChI is InChI=1S/C14H18N4O/c1-10-4-5-11(9-16-10)14-18-17-13(19-14)3-2-8-15-12-6-7-12/h4-5,9,12,15H,2-3,6-8H2,1H3. The van der Waals surface area contributed by atoms with Gasteiger partial charge in [-0.2, -0.15) is 0 Å². The molecule has 0 atom stereocenters. The highest BCUT2D eigenvalue weighted by Gasteiger charge is 2.19. The molecule has 1 saturated carbocycles. The first kappa shape index (κ1) is 12.3. The topological polar surface area (TPSA) is 63.8 Å². The van der Waals surface area contributed by atoms with Crippen LogP contribution in [0.3, 0.4) is 0 Å². The summed E-state index contributed by atoms with van der Waals surface area (Å²) in [5, 5.41) is 11.6. The Kier molecular flexibility index (Phi) is 3.55. The number of nitrogens with one attached hydrogen (secondary N) is 1. The van der Waals surface area contributed by atoms with Gasteiger partial charge in [0.15, 0.2) is 0 Å². The van der Waals surface area contributed by atoms with Gasteiger partial charge in [-0.1, -0.05) is 0 Å². The Morgan fingerprint density at radius 2 is 2.21 bits per heavy atom. The van der Waals surface area contributed by atoms with Crippen LogP contribution in [0.2, 0.25) is 0 Å². The summed E-state index contributed by atoms with van der Waals surface area (Å²) in [4.78, 5) is 4.23. The fourth-order valence-electron chi connectivity index (χ4n) is 1.90. The Hall–Kier alpha value is -1.75. The summed E-state index contributed by atoms with van der Waals surface area (Å²) in [6.45, 7) is 2.98. The van der Waals surface area contributed by atoms with Crippen molar-refractivity contribution in [1.29, 1.82) is 0 Å². The van der Waals surface area contributed by atoms with Gasteiger partial charge in [-0.25, -0.2) is 0 Å². The van der Waals surface area contributed by atoms with Gasteiger partial charge >= 0.3 is 0 Å². The first-order valence-corrected chi connectivity index (χ1v) is 6.80. The van der Waals surface area contributed by atoms with Gasteiger partial charge in [0.2, 0.25) is 11.8 Å². The molecule has 1 fully saturated rings. The second-order valence-corrected chi connectivity index (χ2v) is 5.02. The fraction of sp³-hybridized carbons (Fsp3) is 0.500. The SMILES string of the molecule is Cc1ccc(-c2nnc(CCCNC3CC3)o2)cn1. The van der Waals surface area contributed by atoms with Crippen LogP contribution in [-0.4, -0.2) is 27.8 Å². The summed E-state index contributed by atoms with van der Waals surface area (Å²) in [5.74, 6) is 1.26. The predicted octanol–water partition coefficient (Wildman–Crippen LogP) is 2.12. The quantitative estimate of drug-likeness (QED) is 0.804. The molecule has 5 nitrogen and oxygen atoms in total. The van der Waals surface area contributed by atoms with Crippen molar-refractivity contribution in [2.45, 2.75) is 38.6 Å². The van der Waals surface area contributed by atoms with Crippen molar-refractivity contribution in [3.63, 3.8) is 0 Å². The molecule has 5 heteroatoms. The molecule has 0 aromatic carbocycles. The largest absolute Gasteiger partial charge is 0.421 e. The first-order valence-electron chi connectivity index (χ1n) is 6.80. The van der Waals surface area contributed by atoms with E-state index in [1.807, 2.05) is 19.1 Å². The van der Waals surface area contributed by atoms with E-state index < -0.39 is 0 Å². The normalized spacial score (nSPS) is 14.8. The molecule has 0 saturated heterocycles. The minimum atomic E-state index is 0.553. The number of rotatable bonds is 6. The number of hydrogen-bond donors (Lipinski definition) is 1. The summed E-state index contributed by atoms with van der Waals surface area (Å²) >= 11 is 0. The van der Waals surface area contributed by atoms with Gasteiger partial charge in [-0.15, -0.1) is 10.2 Å². The van der Waals surface area contributed by atoms with Crippen molar-refractivity contribution in [2.24, 2.45) is 0 Å². The Balaban J connectivity index is 1.54. The molecule has 1 aliphatic carbocycles. The van der Waals surface area contributed by atoms with Crippen LogP contribution in [-0.2, 0) is 6.42 Å². The van der Waals surface area contributed by atoms with E-state index in [1.54, 1.807) is 6.20 Å². The van der Waals surface area contributed by atoms with Crippen LogP contribution in [0.25, 0.3) is 11.5 Å². The van der Waals surface area contributed by atoms with Gasteiger partial charge in [0.1, 0.15) is 0 Å². The zero-order valence-corrected chi connectivity index (χ0v) is 11.1. The maximum absolute atomic E-state index is 5.64. The minimum Gasteiger partial charge on any atom is -0.421 e. The molecule has 100 valence electrons. The van der Waals surface area contributed by atoms with Gasteiger partial charge in [0.25, 0.3) is 0 Å². The maximum Gasteiger partial charge on any atom is 0.249 e. The van der Waals surface area contributed by atoms with Crippen LogP contribution in [0.15, 0.2) is 22.7 Å². The van der Waals surface area contributed by atoms with Crippen LogP contribution < -0.4 is 5.32 Å². The summed E-state index contributed by atoms with van der Waals surface area (Å²) in [6, 6.07) is 4.66. The molecule has 1 N–H and O–H groups in total. The van der Waals surface area contributed by atoms with Crippen molar-refractivity contribution in [3.8, 4) is 11.5 Å². The second-order valence-electron chi connectivity index (χ2n) is 5.02. The average molecular weight is 258 g/mol. The first-order chi connectivity index (χ1) is 9.31. The molecule has 0 bridgehead atoms. The van der Waals surface area contributed by atoms with E-state index in [0.717, 1.165) is 36.7 Å². The van der Waals surface area contributed by atoms with Crippen molar-refractivity contribution < 1.29 is 4.42 Å². The highest BCUT2D eigenvalue weighted by atomic mass is 16.4. The number of pyridine rings is 1. The van der Waals surface area contributed by atoms with E-state index in [-0.39, 0.29) is 0 Å². The molecule has 19 heavy (non-hydrogen) atoms. The van der Waals surface area contributed by atoms with Crippen LogP contribution in [0.1, 0.15) is 30.8 Å². The molecule has 2 heterocycles. The molecular formula is C14H18N4O. The van der Waals surface area contributed by atoms with Crippen molar-refractivity contribution >= 4 is 0 Å². The minimum absolute atomic E-state index is 0.553. The van der Waals surface area contributed by atoms with Gasteiger partial charge in [0, 0.05) is 24.4 Å². The summed E-state index contributed by atoms with van der Waals surface area (Å²) in [7, 11) is 0. The van der Waals surface area contributed by atoms with E-state index in [9.17, 15) is 0 Å². The molecule has 1 aliphatic rings. The zero-order chi connectivity index (χ0) is 13.1. The van der Waals surface area contributed by atoms with Crippen molar-refractivity contribution in [2.75, 3.05) is 6.54 Å². The highest BCUT2D eigenvalue weighted by Crippen LogP contribution is 2.19. The van der Waals surface area contributed by atoms with Crippen LogP contribution in [0.5, 0.6) is 0 Å². The van der Waals surface area contributed by atoms with E-state index in [2.05, 4.69) is 20.5 Å². The molecule has 2 aromatic heterocycles. The van der Waals surface area contributed by atoms with E-state index in [0.29, 0.717) is 11.8 Å². The lowest BCUT2D eigenvalue weighted by atomic mass is 10.2. The molecule has 0 aliphatic heterocycles. The molecule has 0 radical (unpaired) electrons. The monoisotopic (exact) mass is 258 g/mol. The molecule has 0 amide bonds. The smallest absolute Gasteiger partial charge is 0.249 e. The lowest BCUT2D eigenvalue weighted by molar-refractivity contribution is 0.490. The molecular weight excluding hydrogens is 240 g/mol. The fourth-order valence-corrected chi connectivity index (χ4v) is 1.90. The van der Waals surface area contributed by atoms with Gasteiger partial charge in [-0.3, -0.25) is 4.98 Å². The Labute approximate surface area is 112 Å². The van der Waals surface area contributed by atoms with E-state index in [1.165, 1.54) is 12.8 Å². The van der Waals surface area contributed by atoms with Crippen molar-refractivity contribution in [1.82, 2.24) is 20.5 Å². The van der Waals surface area contributed by atoms with Gasteiger partial charge in [-0.05, 0) is 44.9 Å². The Morgan fingerprint density at radius 3 is 2.95 bits per heavy atom. The van der Waals surface area contributed by atoms with E-state index in [4.69, 9.17) is 4.42 Å². The number of nitrogens with zero attached hydrogens (tertiary/aromatic N) is 3. The van der Waals surface area contributed by atoms with Crippen LogP contribution in [0.4, 0.5) is 0 Å². The molecule has 2 aromatic rings. The third-order valence-corrected chi connectivity index (χ3v) is 3.20. The van der Waals surface area contributed by atoms with Gasteiger partial charge < -0.3 is 9.73 Å². The third kappa shape index (κ3) is 3.38. The number of aromatic nitrogens is 3. The summed E-state index contributed by atoms with van der Waals surface area (Å²) in [5.41, 5.74) is 1.86. The lowest BCUT2D eigenvalue weighted by Gasteiger charge is -1.99. The van der Waals surface area contributed by atoms with Crippen LogP contribution in [0, 0.1) is 6.92 Å². The molecule has 3 rings (SSSR count). The number of hydrogen-bond acceptors (Lipinski definition) is 5. The highest BCUT2D eigenvalue weighted by molar-refractivity contribution is 5.50. The van der Waals surface area contributed by atoms with Crippen molar-refractivity contribution in [3.05, 3.63) is 29.9 Å². The average Bonchev–Trinajstić information content (AvgIpc) is 3.13. The summed E-state index contributed by atoms with van der Waals surface area (Å²) in [6.07, 6.45) is 6.27. The van der Waals surface area contributed by atoms with Gasteiger partial charge in [0.05, 0.1) is 5.56 Å². The molecule has 0 unspecified atom stereocenters. The van der Waals surface area contributed by atoms with Crippen LogP contribution >= 0.6 is 0 Å². The third-order valence-electron chi connectivity index (χ3n) is 3.20. The zero-order valence-electron chi connectivity index (χ0n) is 11.1. The Morgan fingerprint density at radius 1 is 1.32 bits per heavy atom. The predicted molar refractivity (Wildman–Crippen MR) is 71.6 cm³/mol. The lowest BCUT2D eigenvalue weighted by Crippen LogP contribution is -2.17. The second kappa shape index (κ2) is 5.48. The Bertz CT molecular complexity index is 531. The number of aryl methyl sites for hydroxylation is 2. The van der Waals surface area contributed by atoms with E-state index >= 15 is 0 Å². The summed E-state index contributed by atoms with van der Waals surface area (Å²) < 4.78 is 5.64. The molecule has 0 spiro atoms. The maximum atomic E-state index is 5.64.